The molecule has 11 heteroatoms. The van der Waals surface area contributed by atoms with Gasteiger partial charge in [0, 0.05) is 30.9 Å². The van der Waals surface area contributed by atoms with Gasteiger partial charge in [0.1, 0.15) is 5.56 Å². The number of aromatic carboxylic acids is 1. The summed E-state index contributed by atoms with van der Waals surface area (Å²) in [5.41, 5.74) is 2.01. The van der Waals surface area contributed by atoms with Gasteiger partial charge in [-0.3, -0.25) is 4.68 Å². The van der Waals surface area contributed by atoms with Crippen molar-refractivity contribution in [3.63, 3.8) is 0 Å². The maximum atomic E-state index is 13.3. The zero-order valence-corrected chi connectivity index (χ0v) is 18.5. The Hall–Kier alpha value is -3.73. The molecule has 0 aliphatic heterocycles. The first-order valence-electron chi connectivity index (χ1n) is 9.91. The molecule has 0 saturated carbocycles. The Morgan fingerprint density at radius 3 is 2.36 bits per heavy atom. The maximum absolute atomic E-state index is 13.3. The smallest absolute Gasteiger partial charge is 0.433 e. The third-order valence-corrected chi connectivity index (χ3v) is 4.82. The highest BCUT2D eigenvalue weighted by atomic mass is 19.4. The number of nitrogens with one attached hydrogen (secondary N) is 1. The normalized spacial score (nSPS) is 11.4. The van der Waals surface area contributed by atoms with Gasteiger partial charge in [-0.25, -0.2) is 14.3 Å². The first-order chi connectivity index (χ1) is 15.5. The van der Waals surface area contributed by atoms with Gasteiger partial charge >= 0.3 is 12.1 Å². The van der Waals surface area contributed by atoms with E-state index in [1.165, 1.54) is 5.56 Å². The van der Waals surface area contributed by atoms with E-state index in [0.29, 0.717) is 10.1 Å². The van der Waals surface area contributed by atoms with Gasteiger partial charge in [0.2, 0.25) is 0 Å². The predicted molar refractivity (Wildman–Crippen MR) is 116 cm³/mol. The summed E-state index contributed by atoms with van der Waals surface area (Å²) in [5, 5.41) is 19.9. The topological polar surface area (TPSA) is 97.3 Å². The van der Waals surface area contributed by atoms with E-state index in [2.05, 4.69) is 20.5 Å². The molecule has 33 heavy (non-hydrogen) atoms. The summed E-state index contributed by atoms with van der Waals surface area (Å²) in [6.07, 6.45) is -1.80. The molecule has 0 saturated heterocycles. The Bertz CT molecular complexity index is 1280. The molecular weight excluding hydrogens is 437 g/mol. The van der Waals surface area contributed by atoms with E-state index < -0.39 is 17.8 Å². The molecule has 0 atom stereocenters. The van der Waals surface area contributed by atoms with Gasteiger partial charge in [-0.2, -0.15) is 23.4 Å². The minimum absolute atomic E-state index is 0.0350. The molecule has 8 nitrogen and oxygen atoms in total. The average Bonchev–Trinajstić information content (AvgIpc) is 3.30. The molecule has 0 unspecified atom stereocenters. The van der Waals surface area contributed by atoms with Crippen LogP contribution in [0.4, 0.5) is 13.2 Å². The SMILES string of the molecule is CNCc1cn(C)nc1C.Cc1ccc(-c2cc(C(F)(F)F)n3ncc(C(=O)O)c3n2)cc1. The number of alkyl halides is 3. The van der Waals surface area contributed by atoms with Gasteiger partial charge < -0.3 is 10.4 Å². The van der Waals surface area contributed by atoms with Crippen molar-refractivity contribution in [1.82, 2.24) is 29.7 Å². The first kappa shape index (κ1) is 23.9. The summed E-state index contributed by atoms with van der Waals surface area (Å²) < 4.78 is 42.1. The van der Waals surface area contributed by atoms with Gasteiger partial charge in [0.25, 0.3) is 0 Å². The van der Waals surface area contributed by atoms with Crippen molar-refractivity contribution in [2.45, 2.75) is 26.6 Å². The van der Waals surface area contributed by atoms with Gasteiger partial charge in [-0.1, -0.05) is 29.8 Å². The quantitative estimate of drug-likeness (QED) is 0.480. The van der Waals surface area contributed by atoms with Crippen LogP contribution in [0, 0.1) is 13.8 Å². The fourth-order valence-electron chi connectivity index (χ4n) is 3.20. The lowest BCUT2D eigenvalue weighted by molar-refractivity contribution is -0.142. The lowest BCUT2D eigenvalue weighted by Crippen LogP contribution is -2.14. The number of halogens is 3. The molecule has 2 N–H and O–H groups in total. The van der Waals surface area contributed by atoms with Crippen LogP contribution in [0.5, 0.6) is 0 Å². The van der Waals surface area contributed by atoms with E-state index in [1.54, 1.807) is 24.3 Å². The summed E-state index contributed by atoms with van der Waals surface area (Å²) in [4.78, 5) is 15.2. The van der Waals surface area contributed by atoms with Crippen LogP contribution in [0.25, 0.3) is 16.9 Å². The molecule has 4 aromatic rings. The van der Waals surface area contributed by atoms with Crippen LogP contribution in [0.15, 0.2) is 42.7 Å². The largest absolute Gasteiger partial charge is 0.477 e. The Morgan fingerprint density at radius 1 is 1.18 bits per heavy atom. The molecule has 174 valence electrons. The molecule has 3 heterocycles. The highest BCUT2D eigenvalue weighted by molar-refractivity contribution is 5.94. The molecule has 4 rings (SSSR count). The van der Waals surface area contributed by atoms with Crippen molar-refractivity contribution in [1.29, 1.82) is 0 Å². The average molecular weight is 460 g/mol. The molecule has 0 aliphatic rings. The Labute approximate surface area is 187 Å². The number of benzene rings is 1. The number of rotatable bonds is 4. The number of hydrogen-bond acceptors (Lipinski definition) is 5. The van der Waals surface area contributed by atoms with E-state index >= 15 is 0 Å². The molecule has 0 fully saturated rings. The molecule has 3 aromatic heterocycles. The van der Waals surface area contributed by atoms with Gasteiger partial charge in [0.15, 0.2) is 11.3 Å². The molecule has 0 aliphatic carbocycles. The van der Waals surface area contributed by atoms with Gasteiger partial charge in [0.05, 0.1) is 17.6 Å². The number of aryl methyl sites for hydroxylation is 3. The first-order valence-corrected chi connectivity index (χ1v) is 9.91. The summed E-state index contributed by atoms with van der Waals surface area (Å²) in [7, 11) is 3.87. The summed E-state index contributed by atoms with van der Waals surface area (Å²) >= 11 is 0. The van der Waals surface area contributed by atoms with Crippen molar-refractivity contribution in [2.24, 2.45) is 7.05 Å². The molecule has 0 radical (unpaired) electrons. The highest BCUT2D eigenvalue weighted by Gasteiger charge is 2.36. The van der Waals surface area contributed by atoms with Crippen molar-refractivity contribution in [3.05, 3.63) is 70.8 Å². The number of carboxylic acid groups (broad SMARTS) is 1. The highest BCUT2D eigenvalue weighted by Crippen LogP contribution is 2.32. The van der Waals surface area contributed by atoms with Gasteiger partial charge in [-0.15, -0.1) is 0 Å². The summed E-state index contributed by atoms with van der Waals surface area (Å²) in [5.74, 6) is -1.39. The van der Waals surface area contributed by atoms with Crippen LogP contribution < -0.4 is 5.32 Å². The van der Waals surface area contributed by atoms with Crippen LogP contribution >= 0.6 is 0 Å². The van der Waals surface area contributed by atoms with E-state index in [9.17, 15) is 18.0 Å². The minimum Gasteiger partial charge on any atom is -0.477 e. The lowest BCUT2D eigenvalue weighted by atomic mass is 10.1. The predicted octanol–water partition coefficient (Wildman–Crippen LogP) is 3.87. The zero-order chi connectivity index (χ0) is 24.3. The molecule has 0 bridgehead atoms. The number of fused-ring (bicyclic) bond motifs is 1. The van der Waals surface area contributed by atoms with Crippen LogP contribution in [-0.4, -0.2) is 42.5 Å². The second-order valence-corrected chi connectivity index (χ2v) is 7.43. The number of nitrogens with zero attached hydrogens (tertiary/aromatic N) is 5. The second-order valence-electron chi connectivity index (χ2n) is 7.43. The second kappa shape index (κ2) is 9.41. The van der Waals surface area contributed by atoms with E-state index in [4.69, 9.17) is 5.11 Å². The van der Waals surface area contributed by atoms with E-state index in [0.717, 1.165) is 30.1 Å². The lowest BCUT2D eigenvalue weighted by Gasteiger charge is -2.11. The van der Waals surface area contributed by atoms with Crippen LogP contribution in [0.3, 0.4) is 0 Å². The Balaban J connectivity index is 0.000000257. The summed E-state index contributed by atoms with van der Waals surface area (Å²) in [6, 6.07) is 7.60. The fourth-order valence-corrected chi connectivity index (χ4v) is 3.20. The zero-order valence-electron chi connectivity index (χ0n) is 18.5. The Morgan fingerprint density at radius 2 is 1.85 bits per heavy atom. The van der Waals surface area contributed by atoms with Gasteiger partial charge in [-0.05, 0) is 27.0 Å². The van der Waals surface area contributed by atoms with Crippen LogP contribution in [0.2, 0.25) is 0 Å². The number of aromatic nitrogens is 5. The monoisotopic (exact) mass is 460 g/mol. The fraction of sp³-hybridized carbons (Fsp3) is 0.273. The van der Waals surface area contributed by atoms with Crippen molar-refractivity contribution < 1.29 is 23.1 Å². The van der Waals surface area contributed by atoms with Crippen molar-refractivity contribution in [3.8, 4) is 11.3 Å². The molecular formula is C22H23F3N6O2. The standard InChI is InChI=1S/C15H10F3N3O2.C7H13N3/c1-8-2-4-9(5-3-8)11-6-12(15(16,17)18)21-13(20-11)10(7-19-21)14(22)23;1-6-7(4-8-2)5-10(3)9-6/h2-7H,1H3,(H,22,23);5,8H,4H2,1-3H3. The Kier molecular flexibility index (Phi) is 6.82. The van der Waals surface area contributed by atoms with E-state index in [1.807, 2.05) is 38.8 Å². The number of hydrogen-bond donors (Lipinski definition) is 2. The van der Waals surface area contributed by atoms with Crippen LogP contribution in [-0.2, 0) is 19.8 Å². The number of carbonyl (C=O) groups is 1. The molecule has 0 spiro atoms. The number of carboxylic acids is 1. The third kappa shape index (κ3) is 5.37. The molecule has 0 amide bonds. The maximum Gasteiger partial charge on any atom is 0.433 e. The summed E-state index contributed by atoms with van der Waals surface area (Å²) in [6.45, 7) is 4.77. The van der Waals surface area contributed by atoms with Crippen LogP contribution in [0.1, 0.15) is 32.9 Å². The molecule has 1 aromatic carbocycles. The van der Waals surface area contributed by atoms with Crippen molar-refractivity contribution >= 4 is 11.6 Å². The van der Waals surface area contributed by atoms with Crippen molar-refractivity contribution in [2.75, 3.05) is 7.05 Å². The van der Waals surface area contributed by atoms with E-state index in [-0.39, 0.29) is 16.9 Å². The third-order valence-electron chi connectivity index (χ3n) is 4.82. The minimum atomic E-state index is -4.69.